The number of likely N-dealkylation sites (tertiary alicyclic amines) is 1. The standard InChI is InChI=1S/C18H26N4O/c1-2-21-10-4-3-6-15(21)12-22-17(14-8-11-23-13-14)20-16-7-5-9-19-18(16)22/h5,7,9,14-15H,2-4,6,8,10-13H2,1H3. The second-order valence-electron chi connectivity index (χ2n) is 6.77. The van der Waals surface area contributed by atoms with Crippen molar-refractivity contribution in [3.8, 4) is 0 Å². The Morgan fingerprint density at radius 1 is 1.30 bits per heavy atom. The van der Waals surface area contributed by atoms with Crippen LogP contribution in [0.4, 0.5) is 0 Å². The van der Waals surface area contributed by atoms with E-state index >= 15 is 0 Å². The number of hydrogen-bond donors (Lipinski definition) is 0. The average Bonchev–Trinajstić information content (AvgIpc) is 3.23. The van der Waals surface area contributed by atoms with Crippen LogP contribution in [0, 0.1) is 0 Å². The molecule has 4 rings (SSSR count). The van der Waals surface area contributed by atoms with Crippen LogP contribution in [-0.4, -0.2) is 51.8 Å². The lowest BCUT2D eigenvalue weighted by Gasteiger charge is -2.35. The highest BCUT2D eigenvalue weighted by molar-refractivity contribution is 5.71. The number of fused-ring (bicyclic) bond motifs is 1. The van der Waals surface area contributed by atoms with Crippen LogP contribution in [0.2, 0.25) is 0 Å². The highest BCUT2D eigenvalue weighted by Crippen LogP contribution is 2.29. The maximum absolute atomic E-state index is 5.61. The van der Waals surface area contributed by atoms with Crippen molar-refractivity contribution in [1.82, 2.24) is 19.4 Å². The molecule has 5 nitrogen and oxygen atoms in total. The van der Waals surface area contributed by atoms with Gasteiger partial charge in [-0.25, -0.2) is 9.97 Å². The number of hydrogen-bond acceptors (Lipinski definition) is 4. The minimum absolute atomic E-state index is 0.419. The molecule has 2 atom stereocenters. The number of aromatic nitrogens is 3. The topological polar surface area (TPSA) is 43.2 Å². The smallest absolute Gasteiger partial charge is 0.160 e. The Morgan fingerprint density at radius 2 is 2.26 bits per heavy atom. The average molecular weight is 314 g/mol. The zero-order valence-electron chi connectivity index (χ0n) is 13.9. The Labute approximate surface area is 137 Å². The summed E-state index contributed by atoms with van der Waals surface area (Å²) in [6.07, 6.45) is 6.90. The molecule has 0 bridgehead atoms. The van der Waals surface area contributed by atoms with E-state index in [0.717, 1.165) is 43.9 Å². The minimum atomic E-state index is 0.419. The number of nitrogens with zero attached hydrogens (tertiary/aromatic N) is 4. The van der Waals surface area contributed by atoms with Gasteiger partial charge in [-0.05, 0) is 44.5 Å². The fourth-order valence-corrected chi connectivity index (χ4v) is 4.10. The maximum atomic E-state index is 5.61. The third-order valence-electron chi connectivity index (χ3n) is 5.38. The predicted molar refractivity (Wildman–Crippen MR) is 90.6 cm³/mol. The van der Waals surface area contributed by atoms with E-state index in [-0.39, 0.29) is 0 Å². The minimum Gasteiger partial charge on any atom is -0.381 e. The number of pyridine rings is 1. The second kappa shape index (κ2) is 6.57. The molecule has 0 aromatic carbocycles. The van der Waals surface area contributed by atoms with Crippen molar-refractivity contribution in [1.29, 1.82) is 0 Å². The molecule has 0 radical (unpaired) electrons. The molecule has 2 aromatic rings. The van der Waals surface area contributed by atoms with Crippen LogP contribution in [0.1, 0.15) is 44.3 Å². The first-order chi connectivity index (χ1) is 11.4. The summed E-state index contributed by atoms with van der Waals surface area (Å²) in [6, 6.07) is 4.67. The molecule has 2 unspecified atom stereocenters. The van der Waals surface area contributed by atoms with Crippen molar-refractivity contribution in [3.63, 3.8) is 0 Å². The molecule has 0 spiro atoms. The Kier molecular flexibility index (Phi) is 4.31. The summed E-state index contributed by atoms with van der Waals surface area (Å²) >= 11 is 0. The summed E-state index contributed by atoms with van der Waals surface area (Å²) in [6.45, 7) is 7.29. The first-order valence-corrected chi connectivity index (χ1v) is 8.99. The number of ether oxygens (including phenoxy) is 1. The van der Waals surface area contributed by atoms with E-state index in [1.165, 1.54) is 31.6 Å². The van der Waals surface area contributed by atoms with Crippen LogP contribution in [0.15, 0.2) is 18.3 Å². The molecule has 0 saturated carbocycles. The van der Waals surface area contributed by atoms with Crippen molar-refractivity contribution in [2.24, 2.45) is 0 Å². The normalized spacial score (nSPS) is 26.1. The van der Waals surface area contributed by atoms with Gasteiger partial charge in [0.1, 0.15) is 11.3 Å². The molecule has 2 aliphatic rings. The van der Waals surface area contributed by atoms with E-state index < -0.39 is 0 Å². The Balaban J connectivity index is 1.70. The van der Waals surface area contributed by atoms with Crippen LogP contribution in [0.3, 0.4) is 0 Å². The zero-order chi connectivity index (χ0) is 15.6. The number of likely N-dealkylation sites (N-methyl/N-ethyl adjacent to an activating group) is 1. The molecule has 0 aliphatic carbocycles. The van der Waals surface area contributed by atoms with Gasteiger partial charge in [0, 0.05) is 31.3 Å². The molecule has 5 heteroatoms. The van der Waals surface area contributed by atoms with E-state index in [4.69, 9.17) is 9.72 Å². The van der Waals surface area contributed by atoms with Gasteiger partial charge in [0.15, 0.2) is 5.65 Å². The van der Waals surface area contributed by atoms with Gasteiger partial charge in [-0.1, -0.05) is 13.3 Å². The van der Waals surface area contributed by atoms with Crippen molar-refractivity contribution in [3.05, 3.63) is 24.2 Å². The van der Waals surface area contributed by atoms with Crippen molar-refractivity contribution >= 4 is 11.2 Å². The molecule has 2 saturated heterocycles. The Bertz CT molecular complexity index is 662. The van der Waals surface area contributed by atoms with Crippen molar-refractivity contribution in [2.45, 2.75) is 51.1 Å². The van der Waals surface area contributed by atoms with Crippen LogP contribution >= 0.6 is 0 Å². The number of piperidine rings is 1. The molecule has 2 fully saturated rings. The van der Waals surface area contributed by atoms with Gasteiger partial charge in [-0.2, -0.15) is 0 Å². The first-order valence-electron chi connectivity index (χ1n) is 8.99. The second-order valence-corrected chi connectivity index (χ2v) is 6.77. The molecule has 2 aromatic heterocycles. The van der Waals surface area contributed by atoms with Gasteiger partial charge < -0.3 is 9.30 Å². The SMILES string of the molecule is CCN1CCCCC1Cn1c(C2CCOC2)nc2cccnc21. The predicted octanol–water partition coefficient (Wildman–Crippen LogP) is 2.81. The third kappa shape index (κ3) is 2.88. The zero-order valence-corrected chi connectivity index (χ0v) is 13.9. The first kappa shape index (κ1) is 15.1. The summed E-state index contributed by atoms with van der Waals surface area (Å²) < 4.78 is 7.99. The molecule has 0 amide bonds. The van der Waals surface area contributed by atoms with E-state index in [1.54, 1.807) is 0 Å². The largest absolute Gasteiger partial charge is 0.381 e. The van der Waals surface area contributed by atoms with E-state index in [1.807, 2.05) is 12.3 Å². The van der Waals surface area contributed by atoms with E-state index in [0.29, 0.717) is 12.0 Å². The lowest BCUT2D eigenvalue weighted by Crippen LogP contribution is -2.42. The Morgan fingerprint density at radius 3 is 3.09 bits per heavy atom. The van der Waals surface area contributed by atoms with E-state index in [2.05, 4.69) is 27.4 Å². The monoisotopic (exact) mass is 314 g/mol. The van der Waals surface area contributed by atoms with Gasteiger partial charge in [0.05, 0.1) is 6.61 Å². The quantitative estimate of drug-likeness (QED) is 0.870. The summed E-state index contributed by atoms with van der Waals surface area (Å²) in [4.78, 5) is 12.2. The van der Waals surface area contributed by atoms with Gasteiger partial charge in [-0.3, -0.25) is 4.90 Å². The fraction of sp³-hybridized carbons (Fsp3) is 0.667. The molecule has 2 aliphatic heterocycles. The lowest BCUT2D eigenvalue weighted by molar-refractivity contribution is 0.139. The summed E-state index contributed by atoms with van der Waals surface area (Å²) in [5.41, 5.74) is 2.06. The summed E-state index contributed by atoms with van der Waals surface area (Å²) in [7, 11) is 0. The van der Waals surface area contributed by atoms with Crippen LogP contribution in [-0.2, 0) is 11.3 Å². The molecular formula is C18H26N4O. The maximum Gasteiger partial charge on any atom is 0.160 e. The lowest BCUT2D eigenvalue weighted by atomic mass is 10.0. The number of rotatable bonds is 4. The summed E-state index contributed by atoms with van der Waals surface area (Å²) in [5, 5.41) is 0. The van der Waals surface area contributed by atoms with Crippen molar-refractivity contribution < 1.29 is 4.74 Å². The molecule has 4 heterocycles. The molecule has 23 heavy (non-hydrogen) atoms. The van der Waals surface area contributed by atoms with Gasteiger partial charge >= 0.3 is 0 Å². The van der Waals surface area contributed by atoms with E-state index in [9.17, 15) is 0 Å². The summed E-state index contributed by atoms with van der Waals surface area (Å²) in [5.74, 6) is 1.60. The highest BCUT2D eigenvalue weighted by atomic mass is 16.5. The van der Waals surface area contributed by atoms with Gasteiger partial charge in [0.2, 0.25) is 0 Å². The third-order valence-corrected chi connectivity index (χ3v) is 5.38. The van der Waals surface area contributed by atoms with Crippen LogP contribution in [0.25, 0.3) is 11.2 Å². The van der Waals surface area contributed by atoms with Gasteiger partial charge in [-0.15, -0.1) is 0 Å². The molecule has 124 valence electrons. The Hall–Kier alpha value is -1.46. The van der Waals surface area contributed by atoms with Crippen molar-refractivity contribution in [2.75, 3.05) is 26.3 Å². The highest BCUT2D eigenvalue weighted by Gasteiger charge is 2.28. The fourth-order valence-electron chi connectivity index (χ4n) is 4.10. The number of imidazole rings is 1. The van der Waals surface area contributed by atoms with Gasteiger partial charge in [0.25, 0.3) is 0 Å². The molecular weight excluding hydrogens is 288 g/mol. The molecule has 0 N–H and O–H groups in total. The van der Waals surface area contributed by atoms with Crippen LogP contribution < -0.4 is 0 Å². The van der Waals surface area contributed by atoms with Crippen LogP contribution in [0.5, 0.6) is 0 Å².